The Labute approximate surface area is 88.7 Å². The molecule has 86 valence electrons. The number of hydrogen-bond donors (Lipinski definition) is 1. The van der Waals surface area contributed by atoms with Crippen LogP contribution in [0.2, 0.25) is 0 Å². The summed E-state index contributed by atoms with van der Waals surface area (Å²) in [5, 5.41) is 9.87. The number of ether oxygens (including phenoxy) is 1. The molecule has 1 atom stereocenters. The molecule has 0 aliphatic heterocycles. The number of aliphatic hydroxyl groups excluding tert-OH is 1. The quantitative estimate of drug-likeness (QED) is 0.582. The Kier molecular flexibility index (Phi) is 9.42. The van der Waals surface area contributed by atoms with E-state index in [9.17, 15) is 5.11 Å². The Balaban J connectivity index is 3.69. The molecule has 0 aliphatic rings. The van der Waals surface area contributed by atoms with Gasteiger partial charge in [-0.15, -0.1) is 0 Å². The highest BCUT2D eigenvalue weighted by Gasteiger charge is 2.17. The lowest BCUT2D eigenvalue weighted by Crippen LogP contribution is -2.26. The fourth-order valence-electron chi connectivity index (χ4n) is 1.76. The summed E-state index contributed by atoms with van der Waals surface area (Å²) in [7, 11) is 0. The van der Waals surface area contributed by atoms with E-state index < -0.39 is 0 Å². The minimum absolute atomic E-state index is 0.263. The van der Waals surface area contributed by atoms with Gasteiger partial charge in [-0.3, -0.25) is 0 Å². The van der Waals surface area contributed by atoms with Crippen molar-refractivity contribution in [2.75, 3.05) is 13.2 Å². The number of rotatable bonds is 9. The van der Waals surface area contributed by atoms with Crippen LogP contribution in [0, 0.1) is 5.92 Å². The van der Waals surface area contributed by atoms with Crippen LogP contribution in [0.25, 0.3) is 0 Å². The maximum atomic E-state index is 9.87. The van der Waals surface area contributed by atoms with Gasteiger partial charge in [-0.05, 0) is 25.2 Å². The van der Waals surface area contributed by atoms with Gasteiger partial charge >= 0.3 is 0 Å². The number of hydrogen-bond acceptors (Lipinski definition) is 2. The lowest BCUT2D eigenvalue weighted by Gasteiger charge is -2.21. The van der Waals surface area contributed by atoms with Gasteiger partial charge in [0.15, 0.2) is 0 Å². The van der Waals surface area contributed by atoms with Crippen LogP contribution < -0.4 is 0 Å². The van der Waals surface area contributed by atoms with Crippen LogP contribution in [-0.2, 0) is 4.74 Å². The van der Waals surface area contributed by atoms with Gasteiger partial charge in [0.05, 0.1) is 12.7 Å². The molecule has 0 radical (unpaired) electrons. The molecule has 14 heavy (non-hydrogen) atoms. The van der Waals surface area contributed by atoms with Crippen molar-refractivity contribution in [1.29, 1.82) is 0 Å². The van der Waals surface area contributed by atoms with Crippen molar-refractivity contribution in [2.24, 2.45) is 5.92 Å². The smallest absolute Gasteiger partial charge is 0.0801 e. The lowest BCUT2D eigenvalue weighted by atomic mass is 9.93. The van der Waals surface area contributed by atoms with E-state index in [1.54, 1.807) is 0 Å². The van der Waals surface area contributed by atoms with Crippen molar-refractivity contribution in [3.05, 3.63) is 0 Å². The van der Waals surface area contributed by atoms with E-state index in [2.05, 4.69) is 20.8 Å². The predicted octanol–water partition coefficient (Wildman–Crippen LogP) is 2.99. The van der Waals surface area contributed by atoms with E-state index in [0.29, 0.717) is 12.5 Å². The minimum atomic E-state index is -0.263. The zero-order chi connectivity index (χ0) is 10.8. The van der Waals surface area contributed by atoms with Crippen molar-refractivity contribution < 1.29 is 9.84 Å². The Morgan fingerprint density at radius 2 is 1.57 bits per heavy atom. The zero-order valence-corrected chi connectivity index (χ0v) is 9.96. The average Bonchev–Trinajstić information content (AvgIpc) is 2.18. The second-order valence-corrected chi connectivity index (χ2v) is 3.98. The van der Waals surface area contributed by atoms with Crippen molar-refractivity contribution in [3.8, 4) is 0 Å². The van der Waals surface area contributed by atoms with E-state index in [1.165, 1.54) is 0 Å². The summed E-state index contributed by atoms with van der Waals surface area (Å²) in [4.78, 5) is 0. The third kappa shape index (κ3) is 6.39. The molecule has 0 heterocycles. The van der Waals surface area contributed by atoms with Gasteiger partial charge in [-0.2, -0.15) is 0 Å². The molecule has 0 amide bonds. The molecule has 0 saturated carbocycles. The molecule has 1 N–H and O–H groups in total. The molecule has 0 aromatic rings. The highest BCUT2D eigenvalue weighted by atomic mass is 16.5. The van der Waals surface area contributed by atoms with E-state index in [1.807, 2.05) is 0 Å². The molecule has 0 fully saturated rings. The van der Waals surface area contributed by atoms with E-state index in [-0.39, 0.29) is 6.10 Å². The Bertz CT molecular complexity index is 109. The SMILES string of the molecule is CCCOCC(O)C(CCC)CCC. The summed E-state index contributed by atoms with van der Waals surface area (Å²) in [6, 6.07) is 0. The molecule has 0 aliphatic carbocycles. The molecule has 2 heteroatoms. The predicted molar refractivity (Wildman–Crippen MR) is 60.4 cm³/mol. The largest absolute Gasteiger partial charge is 0.390 e. The van der Waals surface area contributed by atoms with E-state index in [4.69, 9.17) is 4.74 Å². The fourth-order valence-corrected chi connectivity index (χ4v) is 1.76. The van der Waals surface area contributed by atoms with Gasteiger partial charge in [0.2, 0.25) is 0 Å². The second kappa shape index (κ2) is 9.47. The first-order valence-electron chi connectivity index (χ1n) is 6.01. The van der Waals surface area contributed by atoms with Crippen LogP contribution in [0.1, 0.15) is 52.9 Å². The van der Waals surface area contributed by atoms with Crippen LogP contribution in [-0.4, -0.2) is 24.4 Å². The molecule has 0 spiro atoms. The summed E-state index contributed by atoms with van der Waals surface area (Å²) in [6.07, 6.45) is 5.29. The van der Waals surface area contributed by atoms with Gasteiger partial charge in [0.25, 0.3) is 0 Å². The maximum absolute atomic E-state index is 9.87. The first-order valence-corrected chi connectivity index (χ1v) is 6.01. The normalized spacial score (nSPS) is 13.5. The Morgan fingerprint density at radius 3 is 2.00 bits per heavy atom. The molecular formula is C12H26O2. The van der Waals surface area contributed by atoms with Crippen molar-refractivity contribution in [3.63, 3.8) is 0 Å². The highest BCUT2D eigenvalue weighted by molar-refractivity contribution is 4.67. The van der Waals surface area contributed by atoms with Gasteiger partial charge in [-0.25, -0.2) is 0 Å². The summed E-state index contributed by atoms with van der Waals surface area (Å²) in [6.45, 7) is 7.70. The van der Waals surface area contributed by atoms with Crippen LogP contribution in [0.5, 0.6) is 0 Å². The molecule has 0 rings (SSSR count). The summed E-state index contributed by atoms with van der Waals surface area (Å²) < 4.78 is 5.37. The van der Waals surface area contributed by atoms with Crippen LogP contribution in [0.3, 0.4) is 0 Å². The third-order valence-electron chi connectivity index (χ3n) is 2.50. The first kappa shape index (κ1) is 13.9. The monoisotopic (exact) mass is 202 g/mol. The topological polar surface area (TPSA) is 29.5 Å². The molecular weight excluding hydrogens is 176 g/mol. The minimum Gasteiger partial charge on any atom is -0.390 e. The zero-order valence-electron chi connectivity index (χ0n) is 9.96. The molecule has 0 aromatic heterocycles. The van der Waals surface area contributed by atoms with Crippen LogP contribution in [0.15, 0.2) is 0 Å². The molecule has 0 saturated heterocycles. The fraction of sp³-hybridized carbons (Fsp3) is 1.00. The summed E-state index contributed by atoms with van der Waals surface area (Å²) in [5.41, 5.74) is 0. The lowest BCUT2D eigenvalue weighted by molar-refractivity contribution is 0.000106. The number of aliphatic hydroxyl groups is 1. The molecule has 2 nitrogen and oxygen atoms in total. The van der Waals surface area contributed by atoms with Crippen molar-refractivity contribution >= 4 is 0 Å². The Hall–Kier alpha value is -0.0800. The average molecular weight is 202 g/mol. The van der Waals surface area contributed by atoms with E-state index >= 15 is 0 Å². The highest BCUT2D eigenvalue weighted by Crippen LogP contribution is 2.18. The molecule has 0 bridgehead atoms. The first-order chi connectivity index (χ1) is 6.76. The van der Waals surface area contributed by atoms with Gasteiger partial charge in [0, 0.05) is 6.61 Å². The van der Waals surface area contributed by atoms with Crippen molar-refractivity contribution in [1.82, 2.24) is 0 Å². The van der Waals surface area contributed by atoms with Gasteiger partial charge < -0.3 is 9.84 Å². The van der Waals surface area contributed by atoms with E-state index in [0.717, 1.165) is 38.7 Å². The maximum Gasteiger partial charge on any atom is 0.0801 e. The van der Waals surface area contributed by atoms with Gasteiger partial charge in [-0.1, -0.05) is 33.6 Å². The molecule has 0 aromatic carbocycles. The van der Waals surface area contributed by atoms with Crippen LogP contribution >= 0.6 is 0 Å². The third-order valence-corrected chi connectivity index (χ3v) is 2.50. The van der Waals surface area contributed by atoms with Crippen molar-refractivity contribution in [2.45, 2.75) is 59.0 Å². The Morgan fingerprint density at radius 1 is 1.00 bits per heavy atom. The molecule has 1 unspecified atom stereocenters. The van der Waals surface area contributed by atoms with Gasteiger partial charge in [0.1, 0.15) is 0 Å². The standard InChI is InChI=1S/C12H26O2/c1-4-7-11(8-5-2)12(13)10-14-9-6-3/h11-13H,4-10H2,1-3H3. The van der Waals surface area contributed by atoms with Crippen LogP contribution in [0.4, 0.5) is 0 Å². The summed E-state index contributed by atoms with van der Waals surface area (Å²) >= 11 is 0. The summed E-state index contributed by atoms with van der Waals surface area (Å²) in [5.74, 6) is 0.432. The second-order valence-electron chi connectivity index (χ2n) is 3.98.